The van der Waals surface area contributed by atoms with Crippen LogP contribution in [-0.2, 0) is 5.60 Å². The van der Waals surface area contributed by atoms with Crippen molar-refractivity contribution in [3.63, 3.8) is 0 Å². The van der Waals surface area contributed by atoms with Gasteiger partial charge in [-0.2, -0.15) is 0 Å². The van der Waals surface area contributed by atoms with E-state index in [1.807, 2.05) is 45.0 Å². The van der Waals surface area contributed by atoms with Crippen LogP contribution in [0.3, 0.4) is 0 Å². The van der Waals surface area contributed by atoms with E-state index in [-0.39, 0.29) is 5.92 Å². The molecule has 0 aliphatic rings. The molecule has 0 unspecified atom stereocenters. The standard InChI is InChI=1S/C15H18O/c1-11(2)15(3,16)14-10-6-8-12-7-4-5-9-13(12)14/h4-11,16H,1-3H3/t15-/m0/s1. The van der Waals surface area contributed by atoms with Crippen LogP contribution in [0.5, 0.6) is 0 Å². The molecule has 0 saturated heterocycles. The van der Waals surface area contributed by atoms with E-state index >= 15 is 0 Å². The van der Waals surface area contributed by atoms with Crippen molar-refractivity contribution in [3.8, 4) is 0 Å². The molecule has 0 heterocycles. The third-order valence-electron chi connectivity index (χ3n) is 3.46. The highest BCUT2D eigenvalue weighted by Gasteiger charge is 2.28. The molecular weight excluding hydrogens is 196 g/mol. The predicted octanol–water partition coefficient (Wildman–Crippen LogP) is 3.70. The average molecular weight is 214 g/mol. The molecule has 0 saturated carbocycles. The molecule has 0 amide bonds. The van der Waals surface area contributed by atoms with Crippen LogP contribution in [0.2, 0.25) is 0 Å². The molecule has 0 radical (unpaired) electrons. The molecule has 0 spiro atoms. The van der Waals surface area contributed by atoms with Crippen LogP contribution < -0.4 is 0 Å². The summed E-state index contributed by atoms with van der Waals surface area (Å²) in [5.74, 6) is 0.193. The van der Waals surface area contributed by atoms with Gasteiger partial charge in [0.1, 0.15) is 0 Å². The van der Waals surface area contributed by atoms with Gasteiger partial charge in [0.15, 0.2) is 0 Å². The van der Waals surface area contributed by atoms with Crippen molar-refractivity contribution in [3.05, 3.63) is 48.0 Å². The summed E-state index contributed by atoms with van der Waals surface area (Å²) in [6.45, 7) is 5.98. The summed E-state index contributed by atoms with van der Waals surface area (Å²) in [5.41, 5.74) is 0.238. The Morgan fingerprint density at radius 1 is 1.00 bits per heavy atom. The zero-order valence-corrected chi connectivity index (χ0v) is 10.1. The number of hydrogen-bond donors (Lipinski definition) is 1. The van der Waals surface area contributed by atoms with E-state index in [1.165, 1.54) is 5.39 Å². The summed E-state index contributed by atoms with van der Waals surface area (Å²) in [6.07, 6.45) is 0. The topological polar surface area (TPSA) is 20.2 Å². The van der Waals surface area contributed by atoms with Gasteiger partial charge >= 0.3 is 0 Å². The Morgan fingerprint density at radius 2 is 1.62 bits per heavy atom. The van der Waals surface area contributed by atoms with E-state index < -0.39 is 5.60 Å². The number of benzene rings is 2. The predicted molar refractivity (Wildman–Crippen MR) is 68.4 cm³/mol. The van der Waals surface area contributed by atoms with Crippen molar-refractivity contribution >= 4 is 10.8 Å². The van der Waals surface area contributed by atoms with E-state index in [2.05, 4.69) is 18.2 Å². The van der Waals surface area contributed by atoms with Gasteiger partial charge in [-0.15, -0.1) is 0 Å². The summed E-state index contributed by atoms with van der Waals surface area (Å²) >= 11 is 0. The lowest BCUT2D eigenvalue weighted by Crippen LogP contribution is -2.28. The van der Waals surface area contributed by atoms with Gasteiger partial charge in [0.25, 0.3) is 0 Å². The van der Waals surface area contributed by atoms with Crippen LogP contribution in [0, 0.1) is 5.92 Å². The van der Waals surface area contributed by atoms with Crippen molar-refractivity contribution in [1.82, 2.24) is 0 Å². The van der Waals surface area contributed by atoms with E-state index in [1.54, 1.807) is 0 Å². The average Bonchev–Trinajstić information content (AvgIpc) is 2.28. The van der Waals surface area contributed by atoms with E-state index in [0.717, 1.165) is 10.9 Å². The molecule has 1 N–H and O–H groups in total. The highest BCUT2D eigenvalue weighted by Crippen LogP contribution is 2.33. The highest BCUT2D eigenvalue weighted by molar-refractivity contribution is 5.86. The minimum Gasteiger partial charge on any atom is -0.385 e. The van der Waals surface area contributed by atoms with E-state index in [0.29, 0.717) is 0 Å². The Bertz CT molecular complexity index is 492. The van der Waals surface area contributed by atoms with Gasteiger partial charge in [0.2, 0.25) is 0 Å². The van der Waals surface area contributed by atoms with Gasteiger partial charge < -0.3 is 5.11 Å². The monoisotopic (exact) mass is 214 g/mol. The Kier molecular flexibility index (Phi) is 2.73. The maximum Gasteiger partial charge on any atom is 0.0897 e. The SMILES string of the molecule is CC(C)[C@](C)(O)c1cccc2ccccc12. The van der Waals surface area contributed by atoms with Gasteiger partial charge in [-0.3, -0.25) is 0 Å². The summed E-state index contributed by atoms with van der Waals surface area (Å²) < 4.78 is 0. The first-order valence-corrected chi connectivity index (χ1v) is 5.74. The molecule has 1 heteroatoms. The molecule has 1 nitrogen and oxygen atoms in total. The third kappa shape index (κ3) is 1.72. The van der Waals surface area contributed by atoms with Gasteiger partial charge in [-0.05, 0) is 29.2 Å². The maximum absolute atomic E-state index is 10.6. The molecular formula is C15H18O. The first kappa shape index (κ1) is 11.2. The molecule has 2 aromatic rings. The van der Waals surface area contributed by atoms with Crippen LogP contribution in [0.25, 0.3) is 10.8 Å². The largest absolute Gasteiger partial charge is 0.385 e. The maximum atomic E-state index is 10.6. The lowest BCUT2D eigenvalue weighted by molar-refractivity contribution is 0.0105. The van der Waals surface area contributed by atoms with Gasteiger partial charge in [0.05, 0.1) is 5.60 Å². The quantitative estimate of drug-likeness (QED) is 0.808. The third-order valence-corrected chi connectivity index (χ3v) is 3.46. The number of aliphatic hydroxyl groups is 1. The van der Waals surface area contributed by atoms with Crippen molar-refractivity contribution < 1.29 is 5.11 Å². The van der Waals surface area contributed by atoms with Crippen molar-refractivity contribution in [2.45, 2.75) is 26.4 Å². The second-order valence-electron chi connectivity index (χ2n) is 4.83. The summed E-state index contributed by atoms with van der Waals surface area (Å²) in [6, 6.07) is 14.3. The molecule has 0 aliphatic heterocycles. The first-order chi connectivity index (χ1) is 7.53. The molecule has 84 valence electrons. The zero-order valence-electron chi connectivity index (χ0n) is 10.1. The smallest absolute Gasteiger partial charge is 0.0897 e. The highest BCUT2D eigenvalue weighted by atomic mass is 16.3. The Hall–Kier alpha value is -1.34. The molecule has 0 aliphatic carbocycles. The molecule has 0 fully saturated rings. The second-order valence-corrected chi connectivity index (χ2v) is 4.83. The van der Waals surface area contributed by atoms with Crippen LogP contribution in [-0.4, -0.2) is 5.11 Å². The van der Waals surface area contributed by atoms with E-state index in [9.17, 15) is 5.11 Å². The second kappa shape index (κ2) is 3.91. The van der Waals surface area contributed by atoms with Crippen molar-refractivity contribution in [1.29, 1.82) is 0 Å². The molecule has 2 aromatic carbocycles. The Balaban J connectivity index is 2.70. The molecule has 0 aromatic heterocycles. The lowest BCUT2D eigenvalue weighted by atomic mass is 9.83. The van der Waals surface area contributed by atoms with E-state index in [4.69, 9.17) is 0 Å². The summed E-state index contributed by atoms with van der Waals surface area (Å²) in [7, 11) is 0. The molecule has 1 atom stereocenters. The van der Waals surface area contributed by atoms with Crippen LogP contribution >= 0.6 is 0 Å². The summed E-state index contributed by atoms with van der Waals surface area (Å²) in [4.78, 5) is 0. The van der Waals surface area contributed by atoms with Gasteiger partial charge in [-0.25, -0.2) is 0 Å². The Labute approximate surface area is 96.7 Å². The minimum atomic E-state index is -0.777. The van der Waals surface area contributed by atoms with Gasteiger partial charge in [-0.1, -0.05) is 56.3 Å². The van der Waals surface area contributed by atoms with Gasteiger partial charge in [0, 0.05) is 0 Å². The fourth-order valence-electron chi connectivity index (χ4n) is 1.98. The molecule has 2 rings (SSSR count). The fraction of sp³-hybridized carbons (Fsp3) is 0.333. The summed E-state index contributed by atoms with van der Waals surface area (Å²) in [5, 5.41) is 12.9. The minimum absolute atomic E-state index is 0.193. The number of fused-ring (bicyclic) bond motifs is 1. The molecule has 16 heavy (non-hydrogen) atoms. The number of hydrogen-bond acceptors (Lipinski definition) is 1. The van der Waals surface area contributed by atoms with Crippen LogP contribution in [0.15, 0.2) is 42.5 Å². The van der Waals surface area contributed by atoms with Crippen molar-refractivity contribution in [2.75, 3.05) is 0 Å². The first-order valence-electron chi connectivity index (χ1n) is 5.74. The van der Waals surface area contributed by atoms with Crippen molar-refractivity contribution in [2.24, 2.45) is 5.92 Å². The normalized spacial score (nSPS) is 15.3. The number of rotatable bonds is 2. The Morgan fingerprint density at radius 3 is 2.31 bits per heavy atom. The molecule has 0 bridgehead atoms. The lowest BCUT2D eigenvalue weighted by Gasteiger charge is -2.29. The van der Waals surface area contributed by atoms with Crippen LogP contribution in [0.4, 0.5) is 0 Å². The van der Waals surface area contributed by atoms with Crippen LogP contribution in [0.1, 0.15) is 26.3 Å². The zero-order chi connectivity index (χ0) is 11.8. The fourth-order valence-corrected chi connectivity index (χ4v) is 1.98.